The molecule has 1 heterocycles. The number of nitrogens with zero attached hydrogens (tertiary/aromatic N) is 2. The number of aryl methyl sites for hydroxylation is 2. The average Bonchev–Trinajstić information content (AvgIpc) is 3.13. The Morgan fingerprint density at radius 1 is 0.724 bits per heavy atom. The van der Waals surface area contributed by atoms with Crippen molar-refractivity contribution in [2.45, 2.75) is 117 Å². The molecule has 2 rings (SSSR count). The summed E-state index contributed by atoms with van der Waals surface area (Å²) in [6.07, 6.45) is 25.1. The van der Waals surface area contributed by atoms with Crippen LogP contribution in [-0.2, 0) is 13.0 Å². The van der Waals surface area contributed by atoms with Crippen molar-refractivity contribution in [2.24, 2.45) is 0 Å². The van der Waals surface area contributed by atoms with Gasteiger partial charge in [-0.05, 0) is 30.9 Å². The number of hydrogen-bond donors (Lipinski definition) is 0. The highest BCUT2D eigenvalue weighted by molar-refractivity contribution is 5.24. The van der Waals surface area contributed by atoms with Gasteiger partial charge in [0, 0.05) is 18.9 Å². The van der Waals surface area contributed by atoms with Crippen LogP contribution in [0.5, 0.6) is 0 Å². The lowest BCUT2D eigenvalue weighted by atomic mass is 10.0. The van der Waals surface area contributed by atoms with E-state index in [0.29, 0.717) is 0 Å². The highest BCUT2D eigenvalue weighted by atomic mass is 15.0. The van der Waals surface area contributed by atoms with Crippen LogP contribution in [0.2, 0.25) is 0 Å². The molecule has 0 aliphatic heterocycles. The van der Waals surface area contributed by atoms with Gasteiger partial charge in [0.05, 0.1) is 0 Å². The first-order valence-electron chi connectivity index (χ1n) is 12.3. The first-order valence-corrected chi connectivity index (χ1v) is 12.3. The third-order valence-electron chi connectivity index (χ3n) is 6.09. The Balaban J connectivity index is 1.45. The summed E-state index contributed by atoms with van der Waals surface area (Å²) in [6.45, 7) is 5.29. The van der Waals surface area contributed by atoms with E-state index >= 15 is 0 Å². The molecule has 0 saturated heterocycles. The molecule has 1 aromatic heterocycles. The van der Waals surface area contributed by atoms with Crippen molar-refractivity contribution >= 4 is 0 Å². The molecule has 0 atom stereocenters. The van der Waals surface area contributed by atoms with Crippen molar-refractivity contribution < 1.29 is 0 Å². The molecule has 0 radical (unpaired) electrons. The first kappa shape index (κ1) is 23.7. The zero-order chi connectivity index (χ0) is 20.6. The minimum atomic E-state index is 0.929. The van der Waals surface area contributed by atoms with Crippen LogP contribution in [-0.4, -0.2) is 9.55 Å². The Hall–Kier alpha value is -1.57. The second-order valence-electron chi connectivity index (χ2n) is 8.77. The second kappa shape index (κ2) is 15.3. The smallest absolute Gasteiger partial charge is 0.105 e. The predicted octanol–water partition coefficient (Wildman–Crippen LogP) is 8.26. The van der Waals surface area contributed by atoms with Crippen LogP contribution >= 0.6 is 0 Å². The average molecular weight is 397 g/mol. The number of hydrogen-bond acceptors (Lipinski definition) is 1. The summed E-state index contributed by atoms with van der Waals surface area (Å²) in [4.78, 5) is 4.32. The third-order valence-corrected chi connectivity index (χ3v) is 6.09. The Labute approximate surface area is 180 Å². The van der Waals surface area contributed by atoms with Gasteiger partial charge in [-0.3, -0.25) is 0 Å². The van der Waals surface area contributed by atoms with Gasteiger partial charge < -0.3 is 4.57 Å². The van der Waals surface area contributed by atoms with Crippen LogP contribution in [0.4, 0.5) is 0 Å². The fourth-order valence-corrected chi connectivity index (χ4v) is 4.17. The van der Waals surface area contributed by atoms with Gasteiger partial charge in [0.25, 0.3) is 0 Å². The number of unbranched alkanes of at least 4 members (excludes halogenated alkanes) is 13. The van der Waals surface area contributed by atoms with Crippen molar-refractivity contribution in [1.82, 2.24) is 9.55 Å². The van der Waals surface area contributed by atoms with Gasteiger partial charge in [0.15, 0.2) is 0 Å². The second-order valence-corrected chi connectivity index (χ2v) is 8.77. The molecule has 0 N–H and O–H groups in total. The lowest BCUT2D eigenvalue weighted by Gasteiger charge is -2.08. The van der Waals surface area contributed by atoms with E-state index in [4.69, 9.17) is 0 Å². The lowest BCUT2D eigenvalue weighted by Crippen LogP contribution is -2.01. The highest BCUT2D eigenvalue weighted by Gasteiger charge is 2.01. The normalized spacial score (nSPS) is 11.2. The monoisotopic (exact) mass is 396 g/mol. The Morgan fingerprint density at radius 3 is 1.83 bits per heavy atom. The van der Waals surface area contributed by atoms with E-state index in [2.05, 4.69) is 53.9 Å². The quantitative estimate of drug-likeness (QED) is 0.246. The molecule has 0 spiro atoms. The van der Waals surface area contributed by atoms with Gasteiger partial charge in [0.1, 0.15) is 5.82 Å². The van der Waals surface area contributed by atoms with Crippen molar-refractivity contribution in [3.63, 3.8) is 0 Å². The zero-order valence-electron chi connectivity index (χ0n) is 19.2. The van der Waals surface area contributed by atoms with Gasteiger partial charge in [0.2, 0.25) is 0 Å². The van der Waals surface area contributed by atoms with Gasteiger partial charge in [-0.2, -0.15) is 0 Å². The summed E-state index contributed by atoms with van der Waals surface area (Å²) in [7, 11) is 0. The molecule has 2 heteroatoms. The Bertz CT molecular complexity index is 643. The largest absolute Gasteiger partial charge is 0.331 e. The maximum atomic E-state index is 4.32. The molecule has 0 saturated carbocycles. The molecule has 0 fully saturated rings. The van der Waals surface area contributed by atoms with Crippen LogP contribution < -0.4 is 0 Å². The summed E-state index contributed by atoms with van der Waals surface area (Å²) >= 11 is 0. The summed E-state index contributed by atoms with van der Waals surface area (Å²) in [6, 6.07) is 9.10. The van der Waals surface area contributed by atoms with Crippen LogP contribution in [0.3, 0.4) is 0 Å². The fraction of sp³-hybridized carbons (Fsp3) is 0.667. The number of aromatic nitrogens is 2. The first-order chi connectivity index (χ1) is 14.3. The SMILES string of the molecule is CCCCCCCCCCCCCCCCc1cccc(Cn2ccnc2C)c1. The number of benzene rings is 1. The van der Waals surface area contributed by atoms with Crippen molar-refractivity contribution in [3.8, 4) is 0 Å². The maximum Gasteiger partial charge on any atom is 0.105 e. The van der Waals surface area contributed by atoms with Crippen molar-refractivity contribution in [2.75, 3.05) is 0 Å². The van der Waals surface area contributed by atoms with Crippen LogP contribution in [0.15, 0.2) is 36.7 Å². The molecule has 1 aromatic carbocycles. The van der Waals surface area contributed by atoms with E-state index in [9.17, 15) is 0 Å². The lowest BCUT2D eigenvalue weighted by molar-refractivity contribution is 0.535. The predicted molar refractivity (Wildman–Crippen MR) is 127 cm³/mol. The molecule has 2 aromatic rings. The molecule has 0 amide bonds. The molecule has 0 aliphatic carbocycles. The molecular formula is C27H44N2. The third kappa shape index (κ3) is 10.7. The van der Waals surface area contributed by atoms with E-state index in [1.165, 1.54) is 107 Å². The maximum absolute atomic E-state index is 4.32. The van der Waals surface area contributed by atoms with E-state index in [1.807, 2.05) is 6.20 Å². The van der Waals surface area contributed by atoms with Crippen LogP contribution in [0.25, 0.3) is 0 Å². The van der Waals surface area contributed by atoms with Crippen molar-refractivity contribution in [1.29, 1.82) is 0 Å². The van der Waals surface area contributed by atoms with E-state index in [-0.39, 0.29) is 0 Å². The van der Waals surface area contributed by atoms with Crippen LogP contribution in [0.1, 0.15) is 114 Å². The van der Waals surface area contributed by atoms with Gasteiger partial charge in [-0.1, -0.05) is 115 Å². The summed E-state index contributed by atoms with van der Waals surface area (Å²) < 4.78 is 2.21. The van der Waals surface area contributed by atoms with Crippen molar-refractivity contribution in [3.05, 3.63) is 53.6 Å². The molecule has 2 nitrogen and oxygen atoms in total. The van der Waals surface area contributed by atoms with E-state index in [1.54, 1.807) is 0 Å². The molecular weight excluding hydrogens is 352 g/mol. The highest BCUT2D eigenvalue weighted by Crippen LogP contribution is 2.15. The van der Waals surface area contributed by atoms with Gasteiger partial charge in [-0.15, -0.1) is 0 Å². The Morgan fingerprint density at radius 2 is 1.28 bits per heavy atom. The van der Waals surface area contributed by atoms with Gasteiger partial charge in [-0.25, -0.2) is 4.98 Å². The van der Waals surface area contributed by atoms with Crippen LogP contribution in [0, 0.1) is 6.92 Å². The standard InChI is InChI=1S/C27H44N2/c1-3-4-5-6-7-8-9-10-11-12-13-14-15-16-18-26-19-17-20-27(23-26)24-29-22-21-28-25(29)2/h17,19-23H,3-16,18,24H2,1-2H3. The molecule has 162 valence electrons. The summed E-state index contributed by atoms with van der Waals surface area (Å²) in [5, 5.41) is 0. The number of rotatable bonds is 17. The fourth-order valence-electron chi connectivity index (χ4n) is 4.17. The molecule has 0 aliphatic rings. The van der Waals surface area contributed by atoms with Gasteiger partial charge >= 0.3 is 0 Å². The molecule has 0 bridgehead atoms. The summed E-state index contributed by atoms with van der Waals surface area (Å²) in [5.74, 6) is 1.09. The Kier molecular flexibility index (Phi) is 12.5. The van der Waals surface area contributed by atoms with E-state index in [0.717, 1.165) is 12.4 Å². The summed E-state index contributed by atoms with van der Waals surface area (Å²) in [5.41, 5.74) is 2.87. The molecule has 0 unspecified atom stereocenters. The zero-order valence-corrected chi connectivity index (χ0v) is 19.2. The number of imidazole rings is 1. The van der Waals surface area contributed by atoms with E-state index < -0.39 is 0 Å². The topological polar surface area (TPSA) is 17.8 Å². The minimum absolute atomic E-state index is 0.929. The molecule has 29 heavy (non-hydrogen) atoms. The minimum Gasteiger partial charge on any atom is -0.331 e.